The number of fused-ring (bicyclic) bond motifs is 1. The summed E-state index contributed by atoms with van der Waals surface area (Å²) in [4.78, 5) is 27.9. The molecule has 1 aromatic carbocycles. The van der Waals surface area contributed by atoms with Crippen molar-refractivity contribution in [3.63, 3.8) is 0 Å². The maximum atomic E-state index is 11.9. The molecule has 2 aromatic rings. The van der Waals surface area contributed by atoms with Gasteiger partial charge >= 0.3 is 5.97 Å². The van der Waals surface area contributed by atoms with Gasteiger partial charge in [0.25, 0.3) is 5.56 Å². The van der Waals surface area contributed by atoms with Crippen LogP contribution in [0, 0.1) is 5.92 Å². The number of carboxylic acids is 1. The molecule has 126 valence electrons. The van der Waals surface area contributed by atoms with E-state index in [1.807, 2.05) is 18.2 Å². The Morgan fingerprint density at radius 1 is 1.29 bits per heavy atom. The van der Waals surface area contributed by atoms with Crippen molar-refractivity contribution < 1.29 is 9.90 Å². The van der Waals surface area contributed by atoms with E-state index in [4.69, 9.17) is 5.11 Å². The number of aromatic nitrogens is 1. The molecule has 1 unspecified atom stereocenters. The van der Waals surface area contributed by atoms with Crippen molar-refractivity contribution in [1.29, 1.82) is 0 Å². The van der Waals surface area contributed by atoms with Gasteiger partial charge in [-0.25, -0.2) is 4.79 Å². The summed E-state index contributed by atoms with van der Waals surface area (Å²) in [7, 11) is 0. The Hall–Kier alpha value is -2.34. The average Bonchev–Trinajstić information content (AvgIpc) is 3.27. The van der Waals surface area contributed by atoms with Crippen LogP contribution in [0.15, 0.2) is 29.1 Å². The second kappa shape index (κ2) is 5.94. The first kappa shape index (κ1) is 15.2. The molecule has 6 heteroatoms. The monoisotopic (exact) mass is 327 g/mol. The van der Waals surface area contributed by atoms with Crippen molar-refractivity contribution in [3.8, 4) is 0 Å². The Kier molecular flexibility index (Phi) is 3.76. The smallest absolute Gasteiger partial charge is 0.341 e. The molecule has 1 aliphatic carbocycles. The van der Waals surface area contributed by atoms with Gasteiger partial charge in [-0.15, -0.1) is 0 Å². The first-order valence-corrected chi connectivity index (χ1v) is 8.49. The number of hydrogen-bond acceptors (Lipinski definition) is 4. The number of nitrogens with one attached hydrogen (secondary N) is 2. The summed E-state index contributed by atoms with van der Waals surface area (Å²) in [5, 5.41) is 13.4. The minimum Gasteiger partial charge on any atom is -0.477 e. The summed E-state index contributed by atoms with van der Waals surface area (Å²) in [6.45, 7) is 3.11. The van der Waals surface area contributed by atoms with E-state index < -0.39 is 11.5 Å². The summed E-state index contributed by atoms with van der Waals surface area (Å²) in [5.41, 5.74) is 0.986. The molecule has 1 aliphatic heterocycles. The van der Waals surface area contributed by atoms with Gasteiger partial charge in [0.1, 0.15) is 5.56 Å². The van der Waals surface area contributed by atoms with Crippen LogP contribution in [0.4, 0.5) is 5.69 Å². The molecule has 0 bridgehead atoms. The average molecular weight is 327 g/mol. The minimum atomic E-state index is -1.20. The molecule has 1 atom stereocenters. The molecule has 2 heterocycles. The molecular weight excluding hydrogens is 306 g/mol. The molecular formula is C18H21N3O3. The fourth-order valence-corrected chi connectivity index (χ4v) is 3.40. The van der Waals surface area contributed by atoms with E-state index in [1.54, 1.807) is 0 Å². The van der Waals surface area contributed by atoms with Gasteiger partial charge in [-0.05, 0) is 55.3 Å². The maximum absolute atomic E-state index is 11.9. The van der Waals surface area contributed by atoms with Gasteiger partial charge in [-0.2, -0.15) is 0 Å². The van der Waals surface area contributed by atoms with Crippen molar-refractivity contribution in [2.24, 2.45) is 5.92 Å². The first-order chi connectivity index (χ1) is 11.6. The molecule has 1 saturated heterocycles. The number of carboxylic acid groups (broad SMARTS) is 1. The topological polar surface area (TPSA) is 85.4 Å². The molecule has 0 spiro atoms. The van der Waals surface area contributed by atoms with E-state index in [9.17, 15) is 9.59 Å². The lowest BCUT2D eigenvalue weighted by Crippen LogP contribution is -2.27. The van der Waals surface area contributed by atoms with E-state index >= 15 is 0 Å². The zero-order valence-electron chi connectivity index (χ0n) is 13.4. The van der Waals surface area contributed by atoms with Crippen LogP contribution in [-0.2, 0) is 0 Å². The van der Waals surface area contributed by atoms with E-state index in [-0.39, 0.29) is 5.56 Å². The number of H-pyrrole nitrogens is 1. The first-order valence-electron chi connectivity index (χ1n) is 8.49. The number of anilines is 1. The Morgan fingerprint density at radius 3 is 2.88 bits per heavy atom. The highest BCUT2D eigenvalue weighted by molar-refractivity contribution is 5.93. The predicted octanol–water partition coefficient (Wildman–Crippen LogP) is 1.80. The van der Waals surface area contributed by atoms with E-state index in [1.165, 1.54) is 25.3 Å². The van der Waals surface area contributed by atoms with E-state index in [2.05, 4.69) is 15.2 Å². The van der Waals surface area contributed by atoms with Gasteiger partial charge in [0.2, 0.25) is 0 Å². The van der Waals surface area contributed by atoms with E-state index in [0.717, 1.165) is 36.7 Å². The van der Waals surface area contributed by atoms with Crippen molar-refractivity contribution in [3.05, 3.63) is 40.2 Å². The zero-order valence-corrected chi connectivity index (χ0v) is 13.4. The Balaban J connectivity index is 1.53. The second-order valence-corrected chi connectivity index (χ2v) is 6.87. The van der Waals surface area contributed by atoms with Gasteiger partial charge in [-0.1, -0.05) is 6.07 Å². The molecule has 1 aromatic heterocycles. The van der Waals surface area contributed by atoms with Crippen LogP contribution in [0.3, 0.4) is 0 Å². The molecule has 24 heavy (non-hydrogen) atoms. The molecule has 3 N–H and O–H groups in total. The lowest BCUT2D eigenvalue weighted by Gasteiger charge is -2.19. The maximum Gasteiger partial charge on any atom is 0.341 e. The van der Waals surface area contributed by atoms with Gasteiger partial charge in [0.15, 0.2) is 0 Å². The summed E-state index contributed by atoms with van der Waals surface area (Å²) < 4.78 is 0. The van der Waals surface area contributed by atoms with Gasteiger partial charge < -0.3 is 20.3 Å². The highest BCUT2D eigenvalue weighted by Crippen LogP contribution is 2.27. The number of hydrogen-bond donors (Lipinski definition) is 3. The number of aromatic carboxylic acids is 1. The SMILES string of the molecule is O=C(O)c1cc2ccc(N3CCC(CNC4CC4)C3)cc2[nH]c1=O. The molecule has 6 nitrogen and oxygen atoms in total. The number of aromatic amines is 1. The van der Waals surface area contributed by atoms with Crippen LogP contribution in [0.1, 0.15) is 29.6 Å². The zero-order chi connectivity index (χ0) is 16.7. The lowest BCUT2D eigenvalue weighted by atomic mass is 10.1. The summed E-state index contributed by atoms with van der Waals surface area (Å²) >= 11 is 0. The second-order valence-electron chi connectivity index (χ2n) is 6.87. The largest absolute Gasteiger partial charge is 0.477 e. The molecule has 0 amide bonds. The predicted molar refractivity (Wildman–Crippen MR) is 92.9 cm³/mol. The van der Waals surface area contributed by atoms with E-state index in [0.29, 0.717) is 11.4 Å². The molecule has 0 radical (unpaired) electrons. The standard InChI is InChI=1S/C18H21N3O3/c22-17-15(18(23)24)7-12-1-4-14(8-16(12)20-17)21-6-5-11(10-21)9-19-13-2-3-13/h1,4,7-8,11,13,19H,2-3,5-6,9-10H2,(H,20,22)(H,23,24). The number of rotatable bonds is 5. The van der Waals surface area contributed by atoms with Crippen LogP contribution in [0.5, 0.6) is 0 Å². The van der Waals surface area contributed by atoms with Gasteiger partial charge in [0, 0.05) is 24.8 Å². The van der Waals surface area contributed by atoms with Crippen LogP contribution >= 0.6 is 0 Å². The number of benzene rings is 1. The summed E-state index contributed by atoms with van der Waals surface area (Å²) in [6, 6.07) is 8.01. The summed E-state index contributed by atoms with van der Waals surface area (Å²) in [6.07, 6.45) is 3.80. The number of nitrogens with zero attached hydrogens (tertiary/aromatic N) is 1. The lowest BCUT2D eigenvalue weighted by molar-refractivity contribution is 0.0695. The van der Waals surface area contributed by atoms with Crippen LogP contribution in [0.2, 0.25) is 0 Å². The normalized spacial score (nSPS) is 20.7. The van der Waals surface area contributed by atoms with Crippen molar-refractivity contribution in [1.82, 2.24) is 10.3 Å². The molecule has 1 saturated carbocycles. The van der Waals surface area contributed by atoms with Crippen molar-refractivity contribution in [2.45, 2.75) is 25.3 Å². The third-order valence-electron chi connectivity index (χ3n) is 4.98. The highest BCUT2D eigenvalue weighted by atomic mass is 16.4. The van der Waals surface area contributed by atoms with Crippen LogP contribution in [0.25, 0.3) is 10.9 Å². The van der Waals surface area contributed by atoms with Crippen molar-refractivity contribution in [2.75, 3.05) is 24.5 Å². The van der Waals surface area contributed by atoms with Gasteiger partial charge in [0.05, 0.1) is 5.52 Å². The molecule has 4 rings (SSSR count). The number of pyridine rings is 1. The summed E-state index contributed by atoms with van der Waals surface area (Å²) in [5.74, 6) is -0.539. The fourth-order valence-electron chi connectivity index (χ4n) is 3.40. The fraction of sp³-hybridized carbons (Fsp3) is 0.444. The molecule has 2 aliphatic rings. The Bertz CT molecular complexity index is 841. The van der Waals surface area contributed by atoms with Gasteiger partial charge in [-0.3, -0.25) is 4.79 Å². The minimum absolute atomic E-state index is 0.220. The van der Waals surface area contributed by atoms with Crippen molar-refractivity contribution >= 4 is 22.6 Å². The third kappa shape index (κ3) is 3.01. The Morgan fingerprint density at radius 2 is 2.12 bits per heavy atom. The molecule has 2 fully saturated rings. The highest BCUT2D eigenvalue weighted by Gasteiger charge is 2.26. The van der Waals surface area contributed by atoms with Crippen LogP contribution in [-0.4, -0.2) is 41.7 Å². The quantitative estimate of drug-likeness (QED) is 0.780. The number of carbonyl (C=O) groups is 1. The van der Waals surface area contributed by atoms with Crippen LogP contribution < -0.4 is 15.8 Å². The Labute approximate surface area is 139 Å². The third-order valence-corrected chi connectivity index (χ3v) is 4.98.